The van der Waals surface area contributed by atoms with E-state index in [-0.39, 0.29) is 0 Å². The zero-order valence-electron chi connectivity index (χ0n) is 9.11. The summed E-state index contributed by atoms with van der Waals surface area (Å²) >= 11 is 6.09. The van der Waals surface area contributed by atoms with Crippen molar-refractivity contribution in [1.82, 2.24) is 20.2 Å². The maximum atomic E-state index is 6.09. The van der Waals surface area contributed by atoms with E-state index in [0.29, 0.717) is 16.7 Å². The van der Waals surface area contributed by atoms with E-state index in [1.165, 1.54) is 0 Å². The Bertz CT molecular complexity index is 690. The Morgan fingerprint density at radius 3 is 2.82 bits per heavy atom. The maximum absolute atomic E-state index is 6.09. The monoisotopic (exact) mass is 244 g/mol. The molecule has 3 aromatic rings. The molecule has 0 aliphatic carbocycles. The van der Waals surface area contributed by atoms with Crippen LogP contribution >= 0.6 is 11.6 Å². The van der Waals surface area contributed by atoms with Crippen LogP contribution in [-0.2, 0) is 0 Å². The molecule has 5 heteroatoms. The fourth-order valence-corrected chi connectivity index (χ4v) is 2.08. The lowest BCUT2D eigenvalue weighted by molar-refractivity contribution is 0.915. The molecule has 0 spiro atoms. The van der Waals surface area contributed by atoms with Gasteiger partial charge in [-0.25, -0.2) is 4.98 Å². The predicted octanol–water partition coefficient (Wildman–Crippen LogP) is 2.98. The van der Waals surface area contributed by atoms with Crippen molar-refractivity contribution in [3.63, 3.8) is 0 Å². The van der Waals surface area contributed by atoms with Crippen LogP contribution in [0.15, 0.2) is 30.5 Å². The molecule has 0 amide bonds. The van der Waals surface area contributed by atoms with Crippen LogP contribution in [0.2, 0.25) is 5.15 Å². The van der Waals surface area contributed by atoms with Crippen molar-refractivity contribution in [1.29, 1.82) is 0 Å². The van der Waals surface area contributed by atoms with E-state index in [4.69, 9.17) is 11.6 Å². The molecule has 0 atom stereocenters. The van der Waals surface area contributed by atoms with Gasteiger partial charge in [-0.05, 0) is 13.0 Å². The van der Waals surface area contributed by atoms with Crippen molar-refractivity contribution < 1.29 is 0 Å². The van der Waals surface area contributed by atoms with Gasteiger partial charge in [0.15, 0.2) is 5.15 Å². The molecule has 2 heterocycles. The van der Waals surface area contributed by atoms with Crippen LogP contribution in [0.5, 0.6) is 0 Å². The summed E-state index contributed by atoms with van der Waals surface area (Å²) in [5, 5.41) is 9.49. The maximum Gasteiger partial charge on any atom is 0.159 e. The van der Waals surface area contributed by atoms with E-state index >= 15 is 0 Å². The lowest BCUT2D eigenvalue weighted by Gasteiger charge is -2.00. The van der Waals surface area contributed by atoms with E-state index in [2.05, 4.69) is 20.2 Å². The lowest BCUT2D eigenvalue weighted by Crippen LogP contribution is -1.95. The van der Waals surface area contributed by atoms with Crippen LogP contribution in [0.3, 0.4) is 0 Å². The van der Waals surface area contributed by atoms with Gasteiger partial charge < -0.3 is 4.98 Å². The number of nitrogens with one attached hydrogen (secondary N) is 1. The minimum atomic E-state index is 0.377. The Balaban J connectivity index is 2.27. The van der Waals surface area contributed by atoms with Crippen molar-refractivity contribution in [3.8, 4) is 11.3 Å². The highest BCUT2D eigenvalue weighted by molar-refractivity contribution is 6.32. The van der Waals surface area contributed by atoms with E-state index in [0.717, 1.165) is 16.5 Å². The zero-order valence-corrected chi connectivity index (χ0v) is 9.86. The molecule has 0 saturated heterocycles. The summed E-state index contributed by atoms with van der Waals surface area (Å²) < 4.78 is 0. The van der Waals surface area contributed by atoms with Crippen LogP contribution in [-0.4, -0.2) is 20.2 Å². The molecule has 3 rings (SSSR count). The molecule has 0 saturated carbocycles. The van der Waals surface area contributed by atoms with Crippen molar-refractivity contribution in [3.05, 3.63) is 41.4 Å². The van der Waals surface area contributed by atoms with E-state index < -0.39 is 0 Å². The molecular weight excluding hydrogens is 236 g/mol. The Morgan fingerprint density at radius 2 is 2.00 bits per heavy atom. The van der Waals surface area contributed by atoms with Gasteiger partial charge in [-0.15, -0.1) is 10.2 Å². The summed E-state index contributed by atoms with van der Waals surface area (Å²) in [6.45, 7) is 1.76. The highest BCUT2D eigenvalue weighted by atomic mass is 35.5. The standard InChI is InChI=1S/C12H9ClN4/c1-7-15-12(13)11(17-16-7)9-6-14-10-5-3-2-4-8(9)10/h2-6,14H,1H3. The van der Waals surface area contributed by atoms with Gasteiger partial charge >= 0.3 is 0 Å². The molecule has 17 heavy (non-hydrogen) atoms. The van der Waals surface area contributed by atoms with Crippen LogP contribution in [0, 0.1) is 6.92 Å². The molecule has 0 bridgehead atoms. The van der Waals surface area contributed by atoms with Gasteiger partial charge in [0, 0.05) is 22.7 Å². The van der Waals surface area contributed by atoms with Gasteiger partial charge in [-0.1, -0.05) is 29.8 Å². The number of hydrogen-bond donors (Lipinski definition) is 1. The summed E-state index contributed by atoms with van der Waals surface area (Å²) in [4.78, 5) is 7.29. The lowest BCUT2D eigenvalue weighted by atomic mass is 10.1. The molecule has 0 aliphatic rings. The number of aryl methyl sites for hydroxylation is 1. The first-order valence-electron chi connectivity index (χ1n) is 5.19. The topological polar surface area (TPSA) is 54.5 Å². The molecule has 1 aromatic carbocycles. The minimum Gasteiger partial charge on any atom is -0.360 e. The van der Waals surface area contributed by atoms with Crippen LogP contribution in [0.1, 0.15) is 5.82 Å². The minimum absolute atomic E-state index is 0.377. The largest absolute Gasteiger partial charge is 0.360 e. The molecule has 0 radical (unpaired) electrons. The Labute approximate surface area is 103 Å². The van der Waals surface area contributed by atoms with E-state index in [9.17, 15) is 0 Å². The summed E-state index contributed by atoms with van der Waals surface area (Å²) in [7, 11) is 0. The Kier molecular flexibility index (Phi) is 2.30. The van der Waals surface area contributed by atoms with E-state index in [1.807, 2.05) is 30.5 Å². The summed E-state index contributed by atoms with van der Waals surface area (Å²) in [6, 6.07) is 7.97. The fraction of sp³-hybridized carbons (Fsp3) is 0.0833. The molecule has 4 nitrogen and oxygen atoms in total. The van der Waals surface area contributed by atoms with Crippen LogP contribution < -0.4 is 0 Å². The predicted molar refractivity (Wildman–Crippen MR) is 66.9 cm³/mol. The number of aromatic amines is 1. The number of halogens is 1. The second kappa shape index (κ2) is 3.82. The number of H-pyrrole nitrogens is 1. The van der Waals surface area contributed by atoms with Gasteiger partial charge in [-0.3, -0.25) is 0 Å². The third-order valence-electron chi connectivity index (χ3n) is 2.59. The number of rotatable bonds is 1. The van der Waals surface area contributed by atoms with Crippen molar-refractivity contribution in [2.45, 2.75) is 6.92 Å². The third-order valence-corrected chi connectivity index (χ3v) is 2.86. The number of para-hydroxylation sites is 1. The first kappa shape index (κ1) is 10.2. The Morgan fingerprint density at radius 1 is 1.18 bits per heavy atom. The average molecular weight is 245 g/mol. The number of benzene rings is 1. The second-order valence-corrected chi connectivity index (χ2v) is 4.10. The van der Waals surface area contributed by atoms with Gasteiger partial charge in [0.25, 0.3) is 0 Å². The highest BCUT2D eigenvalue weighted by Crippen LogP contribution is 2.30. The van der Waals surface area contributed by atoms with Crippen molar-refractivity contribution in [2.24, 2.45) is 0 Å². The van der Waals surface area contributed by atoms with Gasteiger partial charge in [-0.2, -0.15) is 0 Å². The number of fused-ring (bicyclic) bond motifs is 1. The molecule has 84 valence electrons. The summed E-state index contributed by atoms with van der Waals surface area (Å²) in [6.07, 6.45) is 1.87. The smallest absolute Gasteiger partial charge is 0.159 e. The van der Waals surface area contributed by atoms with Gasteiger partial charge in [0.2, 0.25) is 0 Å². The number of nitrogens with zero attached hydrogens (tertiary/aromatic N) is 3. The molecule has 2 aromatic heterocycles. The third kappa shape index (κ3) is 1.66. The van der Waals surface area contributed by atoms with E-state index in [1.54, 1.807) is 6.92 Å². The van der Waals surface area contributed by atoms with Gasteiger partial charge in [0.1, 0.15) is 11.5 Å². The first-order chi connectivity index (χ1) is 8.25. The number of aromatic nitrogens is 4. The van der Waals surface area contributed by atoms with Crippen LogP contribution in [0.25, 0.3) is 22.2 Å². The van der Waals surface area contributed by atoms with Crippen LogP contribution in [0.4, 0.5) is 0 Å². The van der Waals surface area contributed by atoms with Crippen molar-refractivity contribution >= 4 is 22.5 Å². The molecular formula is C12H9ClN4. The first-order valence-corrected chi connectivity index (χ1v) is 5.57. The summed E-state index contributed by atoms with van der Waals surface area (Å²) in [5.41, 5.74) is 2.57. The van der Waals surface area contributed by atoms with Gasteiger partial charge in [0.05, 0.1) is 0 Å². The number of hydrogen-bond acceptors (Lipinski definition) is 3. The van der Waals surface area contributed by atoms with Crippen molar-refractivity contribution in [2.75, 3.05) is 0 Å². The normalized spacial score (nSPS) is 10.9. The summed E-state index contributed by atoms with van der Waals surface area (Å²) in [5.74, 6) is 0.568. The quantitative estimate of drug-likeness (QED) is 0.716. The highest BCUT2D eigenvalue weighted by Gasteiger charge is 2.12. The second-order valence-electron chi connectivity index (χ2n) is 3.75. The zero-order chi connectivity index (χ0) is 11.8. The molecule has 0 fully saturated rings. The molecule has 1 N–H and O–H groups in total. The average Bonchev–Trinajstić information content (AvgIpc) is 2.73. The SMILES string of the molecule is Cc1nnc(-c2c[nH]c3ccccc23)c(Cl)n1. The molecule has 0 aliphatic heterocycles. The fourth-order valence-electron chi connectivity index (χ4n) is 1.81. The molecule has 0 unspecified atom stereocenters. The Hall–Kier alpha value is -1.94.